The number of carbonyl (C=O) groups excluding carboxylic acids is 1. The maximum atomic E-state index is 12.6. The Kier molecular flexibility index (Phi) is 4.62. The molecule has 1 N–H and O–H groups in total. The molecule has 0 saturated carbocycles. The van der Waals surface area contributed by atoms with Gasteiger partial charge in [0.2, 0.25) is 11.1 Å². The fraction of sp³-hybridized carbons (Fsp3) is 0.353. The highest BCUT2D eigenvalue weighted by atomic mass is 32.2. The van der Waals surface area contributed by atoms with Crippen molar-refractivity contribution in [2.45, 2.75) is 32.0 Å². The second kappa shape index (κ2) is 6.68. The van der Waals surface area contributed by atoms with Gasteiger partial charge < -0.3 is 10.1 Å². The van der Waals surface area contributed by atoms with Crippen molar-refractivity contribution in [3.63, 3.8) is 0 Å². The second-order valence-electron chi connectivity index (χ2n) is 5.51. The average molecular weight is 344 g/mol. The monoisotopic (exact) mass is 344 g/mol. The van der Waals surface area contributed by atoms with E-state index in [4.69, 9.17) is 4.74 Å². The number of thioether (sulfide) groups is 1. The van der Waals surface area contributed by atoms with Crippen molar-refractivity contribution >= 4 is 23.7 Å². The summed E-state index contributed by atoms with van der Waals surface area (Å²) < 4.78 is 7.06. The van der Waals surface area contributed by atoms with E-state index in [-0.39, 0.29) is 12.0 Å². The summed E-state index contributed by atoms with van der Waals surface area (Å²) in [5.41, 5.74) is 3.41. The van der Waals surface area contributed by atoms with Crippen LogP contribution in [0.1, 0.15) is 31.0 Å². The molecule has 24 heavy (non-hydrogen) atoms. The number of rotatable bonds is 4. The maximum absolute atomic E-state index is 12.6. The minimum absolute atomic E-state index is 0.330. The van der Waals surface area contributed by atoms with Gasteiger partial charge in [0, 0.05) is 5.70 Å². The summed E-state index contributed by atoms with van der Waals surface area (Å²) in [6.07, 6.45) is 1.93. The van der Waals surface area contributed by atoms with Crippen molar-refractivity contribution in [2.75, 3.05) is 18.2 Å². The number of anilines is 1. The van der Waals surface area contributed by atoms with Gasteiger partial charge in [0.15, 0.2) is 0 Å². The molecular weight excluding hydrogens is 324 g/mol. The third-order valence-electron chi connectivity index (χ3n) is 3.99. The second-order valence-corrected chi connectivity index (χ2v) is 6.28. The SMILES string of the molecule is CCOC(=O)C1=C(C)Nc2nc(SC)nn2C1c1ccccc1C. The third-order valence-corrected chi connectivity index (χ3v) is 4.53. The van der Waals surface area contributed by atoms with Crippen LogP contribution in [0.25, 0.3) is 0 Å². The first kappa shape index (κ1) is 16.6. The van der Waals surface area contributed by atoms with Crippen LogP contribution in [-0.4, -0.2) is 33.6 Å². The molecule has 3 rings (SSSR count). The molecule has 1 aromatic heterocycles. The minimum atomic E-state index is -0.352. The molecule has 0 bridgehead atoms. The third kappa shape index (κ3) is 2.80. The predicted molar refractivity (Wildman–Crippen MR) is 94.1 cm³/mol. The summed E-state index contributed by atoms with van der Waals surface area (Å²) in [4.78, 5) is 17.1. The van der Waals surface area contributed by atoms with Crippen LogP contribution in [0.15, 0.2) is 40.7 Å². The maximum Gasteiger partial charge on any atom is 0.338 e. The van der Waals surface area contributed by atoms with E-state index in [9.17, 15) is 4.79 Å². The first-order valence-corrected chi connectivity index (χ1v) is 9.00. The molecule has 1 aromatic carbocycles. The number of esters is 1. The summed E-state index contributed by atoms with van der Waals surface area (Å²) >= 11 is 1.47. The van der Waals surface area contributed by atoms with Crippen molar-refractivity contribution in [2.24, 2.45) is 0 Å². The Balaban J connectivity index is 2.20. The summed E-state index contributed by atoms with van der Waals surface area (Å²) in [6.45, 7) is 6.03. The van der Waals surface area contributed by atoms with Crippen LogP contribution >= 0.6 is 11.8 Å². The van der Waals surface area contributed by atoms with Gasteiger partial charge in [0.05, 0.1) is 12.2 Å². The topological polar surface area (TPSA) is 69.0 Å². The Hall–Kier alpha value is -2.28. The summed E-state index contributed by atoms with van der Waals surface area (Å²) in [7, 11) is 0. The van der Waals surface area contributed by atoms with E-state index in [1.54, 1.807) is 11.6 Å². The van der Waals surface area contributed by atoms with Gasteiger partial charge in [-0.2, -0.15) is 4.98 Å². The van der Waals surface area contributed by atoms with Crippen molar-refractivity contribution in [3.05, 3.63) is 46.7 Å². The Morgan fingerprint density at radius 3 is 2.79 bits per heavy atom. The average Bonchev–Trinajstić information content (AvgIpc) is 2.97. The van der Waals surface area contributed by atoms with E-state index in [1.165, 1.54) is 11.8 Å². The van der Waals surface area contributed by atoms with E-state index in [2.05, 4.69) is 15.4 Å². The standard InChI is InChI=1S/C17H20N4O2S/c1-5-23-15(22)13-11(3)18-16-19-17(24-4)20-21(16)14(13)12-9-7-6-8-10(12)2/h6-9,14H,5H2,1-4H3,(H,18,19,20). The normalized spacial score (nSPS) is 16.6. The molecule has 0 radical (unpaired) electrons. The number of hydrogen-bond donors (Lipinski definition) is 1. The lowest BCUT2D eigenvalue weighted by Crippen LogP contribution is -2.30. The highest BCUT2D eigenvalue weighted by Crippen LogP contribution is 2.37. The highest BCUT2D eigenvalue weighted by molar-refractivity contribution is 7.98. The van der Waals surface area contributed by atoms with Gasteiger partial charge in [-0.25, -0.2) is 9.48 Å². The van der Waals surface area contributed by atoms with Crippen LogP contribution in [0.3, 0.4) is 0 Å². The van der Waals surface area contributed by atoms with Crippen molar-refractivity contribution in [1.82, 2.24) is 14.8 Å². The molecule has 1 unspecified atom stereocenters. The van der Waals surface area contributed by atoms with Crippen LogP contribution in [-0.2, 0) is 9.53 Å². The van der Waals surface area contributed by atoms with E-state index < -0.39 is 0 Å². The van der Waals surface area contributed by atoms with Gasteiger partial charge in [-0.05, 0) is 38.2 Å². The number of carbonyl (C=O) groups is 1. The lowest BCUT2D eigenvalue weighted by molar-refractivity contribution is -0.139. The first-order valence-electron chi connectivity index (χ1n) is 7.77. The molecular formula is C17H20N4O2S. The minimum Gasteiger partial charge on any atom is -0.463 e. The first-order chi connectivity index (χ1) is 11.6. The zero-order valence-corrected chi connectivity index (χ0v) is 15.0. The number of fused-ring (bicyclic) bond motifs is 1. The Labute approximate surface area is 145 Å². The number of nitrogens with zero attached hydrogens (tertiary/aromatic N) is 3. The molecule has 2 heterocycles. The molecule has 2 aromatic rings. The van der Waals surface area contributed by atoms with Crippen LogP contribution in [0.5, 0.6) is 0 Å². The van der Waals surface area contributed by atoms with Gasteiger partial charge >= 0.3 is 5.97 Å². The molecule has 0 amide bonds. The number of ether oxygens (including phenoxy) is 1. The molecule has 0 saturated heterocycles. The van der Waals surface area contributed by atoms with E-state index in [0.29, 0.717) is 23.3 Å². The van der Waals surface area contributed by atoms with Crippen LogP contribution in [0.2, 0.25) is 0 Å². The predicted octanol–water partition coefficient (Wildman–Crippen LogP) is 3.16. The fourth-order valence-electron chi connectivity index (χ4n) is 2.87. The number of aromatic nitrogens is 3. The lowest BCUT2D eigenvalue weighted by Gasteiger charge is -2.28. The number of benzene rings is 1. The molecule has 0 aliphatic carbocycles. The number of aryl methyl sites for hydroxylation is 1. The Morgan fingerprint density at radius 1 is 1.38 bits per heavy atom. The van der Waals surface area contributed by atoms with E-state index in [1.807, 2.05) is 44.4 Å². The van der Waals surface area contributed by atoms with E-state index in [0.717, 1.165) is 16.8 Å². The summed E-state index contributed by atoms with van der Waals surface area (Å²) in [6, 6.07) is 7.64. The molecule has 7 heteroatoms. The van der Waals surface area contributed by atoms with Crippen molar-refractivity contribution < 1.29 is 9.53 Å². The zero-order valence-electron chi connectivity index (χ0n) is 14.2. The Morgan fingerprint density at radius 2 is 2.12 bits per heavy atom. The Bertz CT molecular complexity index is 813. The van der Waals surface area contributed by atoms with Gasteiger partial charge in [-0.3, -0.25) is 0 Å². The zero-order chi connectivity index (χ0) is 17.3. The van der Waals surface area contributed by atoms with Crippen LogP contribution < -0.4 is 5.32 Å². The summed E-state index contributed by atoms with van der Waals surface area (Å²) in [5.74, 6) is 0.306. The number of hydrogen-bond acceptors (Lipinski definition) is 6. The smallest absolute Gasteiger partial charge is 0.338 e. The molecule has 1 atom stereocenters. The highest BCUT2D eigenvalue weighted by Gasteiger charge is 2.35. The van der Waals surface area contributed by atoms with Gasteiger partial charge in [0.25, 0.3) is 0 Å². The quantitative estimate of drug-likeness (QED) is 0.679. The fourth-order valence-corrected chi connectivity index (χ4v) is 3.22. The van der Waals surface area contributed by atoms with Crippen molar-refractivity contribution in [1.29, 1.82) is 0 Å². The molecule has 0 fully saturated rings. The molecule has 126 valence electrons. The molecule has 0 spiro atoms. The van der Waals surface area contributed by atoms with E-state index >= 15 is 0 Å². The molecule has 1 aliphatic heterocycles. The van der Waals surface area contributed by atoms with Crippen LogP contribution in [0.4, 0.5) is 5.95 Å². The van der Waals surface area contributed by atoms with Gasteiger partial charge in [0.1, 0.15) is 6.04 Å². The number of nitrogens with one attached hydrogen (secondary N) is 1. The molecule has 1 aliphatic rings. The number of allylic oxidation sites excluding steroid dienone is 1. The largest absolute Gasteiger partial charge is 0.463 e. The van der Waals surface area contributed by atoms with Crippen LogP contribution in [0, 0.1) is 6.92 Å². The summed E-state index contributed by atoms with van der Waals surface area (Å²) in [5, 5.41) is 8.40. The lowest BCUT2D eigenvalue weighted by atomic mass is 9.93. The van der Waals surface area contributed by atoms with Gasteiger partial charge in [-0.15, -0.1) is 5.10 Å². The van der Waals surface area contributed by atoms with Crippen molar-refractivity contribution in [3.8, 4) is 0 Å². The van der Waals surface area contributed by atoms with Gasteiger partial charge in [-0.1, -0.05) is 36.0 Å². The molecule has 6 nitrogen and oxygen atoms in total.